The molecule has 0 heterocycles. The van der Waals surface area contributed by atoms with Crippen molar-refractivity contribution in [3.05, 3.63) is 102 Å². The van der Waals surface area contributed by atoms with Gasteiger partial charge < -0.3 is 14.7 Å². The van der Waals surface area contributed by atoms with Crippen molar-refractivity contribution in [2.45, 2.75) is 32.3 Å². The van der Waals surface area contributed by atoms with Crippen LogP contribution in [0.1, 0.15) is 37.0 Å². The topological polar surface area (TPSA) is 32.7 Å². The van der Waals surface area contributed by atoms with Crippen molar-refractivity contribution < 1.29 is 9.84 Å². The first kappa shape index (κ1) is 22.1. The van der Waals surface area contributed by atoms with Crippen molar-refractivity contribution in [2.75, 3.05) is 26.2 Å². The minimum absolute atomic E-state index is 0.516. The van der Waals surface area contributed by atoms with Gasteiger partial charge >= 0.3 is 0 Å². The highest BCUT2D eigenvalue weighted by molar-refractivity contribution is 5.40. The molecule has 0 aromatic heterocycles. The second kappa shape index (κ2) is 11.0. The first-order valence-electron chi connectivity index (χ1n) is 10.9. The fraction of sp³-hybridized carbons (Fsp3) is 0.333. The van der Waals surface area contributed by atoms with Crippen molar-refractivity contribution >= 4 is 0 Å². The lowest BCUT2D eigenvalue weighted by Crippen LogP contribution is -2.30. The Morgan fingerprint density at radius 1 is 0.767 bits per heavy atom. The summed E-state index contributed by atoms with van der Waals surface area (Å²) in [6, 6.07) is 27.9. The quantitative estimate of drug-likeness (QED) is 0.442. The van der Waals surface area contributed by atoms with Crippen LogP contribution in [-0.4, -0.2) is 36.2 Å². The first-order valence-corrected chi connectivity index (χ1v) is 10.9. The van der Waals surface area contributed by atoms with E-state index in [1.807, 2.05) is 72.8 Å². The number of hydrogen-bond donors (Lipinski definition) is 1. The summed E-state index contributed by atoms with van der Waals surface area (Å²) >= 11 is 0. The summed E-state index contributed by atoms with van der Waals surface area (Å²) in [4.78, 5) is 2.40. The number of rotatable bonds is 11. The minimum atomic E-state index is -1.09. The molecule has 3 nitrogen and oxygen atoms in total. The number of aliphatic hydroxyl groups is 1. The van der Waals surface area contributed by atoms with Crippen molar-refractivity contribution in [3.8, 4) is 5.75 Å². The maximum absolute atomic E-state index is 11.8. The second-order valence-electron chi connectivity index (χ2n) is 7.64. The van der Waals surface area contributed by atoms with Gasteiger partial charge in [-0.2, -0.15) is 0 Å². The highest BCUT2D eigenvalue weighted by Gasteiger charge is 2.31. The predicted octanol–water partition coefficient (Wildman–Crippen LogP) is 5.28. The van der Waals surface area contributed by atoms with Crippen molar-refractivity contribution in [1.29, 1.82) is 0 Å². The maximum atomic E-state index is 11.8. The summed E-state index contributed by atoms with van der Waals surface area (Å²) in [6.45, 7) is 8.27. The molecule has 0 saturated heterocycles. The molecule has 0 saturated carbocycles. The monoisotopic (exact) mass is 403 g/mol. The van der Waals surface area contributed by atoms with E-state index in [-0.39, 0.29) is 0 Å². The first-order chi connectivity index (χ1) is 14.7. The summed E-state index contributed by atoms with van der Waals surface area (Å²) < 4.78 is 5.93. The summed E-state index contributed by atoms with van der Waals surface area (Å²) in [6.07, 6.45) is 1.52. The van der Waals surface area contributed by atoms with Crippen molar-refractivity contribution in [2.24, 2.45) is 0 Å². The fourth-order valence-corrected chi connectivity index (χ4v) is 3.82. The van der Waals surface area contributed by atoms with Crippen LogP contribution in [0.3, 0.4) is 0 Å². The molecule has 0 aliphatic rings. The van der Waals surface area contributed by atoms with Gasteiger partial charge in [-0.15, -0.1) is 0 Å². The molecule has 158 valence electrons. The van der Waals surface area contributed by atoms with Crippen LogP contribution >= 0.6 is 0 Å². The molecule has 1 atom stereocenters. The molecule has 0 amide bonds. The molecule has 3 aromatic carbocycles. The molecule has 0 fully saturated rings. The Kier molecular flexibility index (Phi) is 8.06. The van der Waals surface area contributed by atoms with E-state index < -0.39 is 5.60 Å². The highest BCUT2D eigenvalue weighted by atomic mass is 16.5. The summed E-state index contributed by atoms with van der Waals surface area (Å²) in [5.74, 6) is 0.841. The Hall–Kier alpha value is -2.62. The van der Waals surface area contributed by atoms with E-state index in [0.717, 1.165) is 48.5 Å². The molecule has 0 spiro atoms. The van der Waals surface area contributed by atoms with Gasteiger partial charge in [0.2, 0.25) is 0 Å². The average Bonchev–Trinajstić information content (AvgIpc) is 2.81. The van der Waals surface area contributed by atoms with Gasteiger partial charge in [0.05, 0.1) is 6.61 Å². The number of nitrogens with zero attached hydrogens (tertiary/aromatic N) is 1. The molecule has 3 rings (SSSR count). The van der Waals surface area contributed by atoms with E-state index >= 15 is 0 Å². The average molecular weight is 404 g/mol. The third-order valence-corrected chi connectivity index (χ3v) is 5.67. The third-order valence-electron chi connectivity index (χ3n) is 5.67. The predicted molar refractivity (Wildman–Crippen MR) is 124 cm³/mol. The van der Waals surface area contributed by atoms with Crippen molar-refractivity contribution in [3.63, 3.8) is 0 Å². The molecule has 3 heteroatoms. The van der Waals surface area contributed by atoms with Gasteiger partial charge in [-0.25, -0.2) is 0 Å². The fourth-order valence-electron chi connectivity index (χ4n) is 3.82. The van der Waals surface area contributed by atoms with Crippen LogP contribution in [0.2, 0.25) is 0 Å². The summed E-state index contributed by atoms with van der Waals surface area (Å²) in [7, 11) is 0. The molecule has 0 radical (unpaired) electrons. The summed E-state index contributed by atoms with van der Waals surface area (Å²) in [5, 5.41) is 11.8. The Morgan fingerprint density at radius 3 is 1.93 bits per heavy atom. The highest BCUT2D eigenvalue weighted by Crippen LogP contribution is 2.34. The molecular formula is C27H33NO2. The van der Waals surface area contributed by atoms with Crippen LogP contribution in [0, 0.1) is 0 Å². The molecule has 0 bridgehead atoms. The maximum Gasteiger partial charge on any atom is 0.119 e. The van der Waals surface area contributed by atoms with E-state index in [4.69, 9.17) is 4.74 Å². The lowest BCUT2D eigenvalue weighted by atomic mass is 9.81. The SMILES string of the molecule is CCN(CC)CCCOc1ccc(C(O)(Cc2ccccc2)c2ccccc2)cc1. The molecular weight excluding hydrogens is 370 g/mol. The van der Waals surface area contributed by atoms with Crippen LogP contribution in [0.4, 0.5) is 0 Å². The normalized spacial score (nSPS) is 13.2. The standard InChI is InChI=1S/C27H33NO2/c1-3-28(4-2)20-11-21-30-26-18-16-25(17-19-26)27(29,24-14-9-6-10-15-24)22-23-12-7-5-8-13-23/h5-10,12-19,29H,3-4,11,20-22H2,1-2H3. The second-order valence-corrected chi connectivity index (χ2v) is 7.64. The van der Waals surface area contributed by atoms with Gasteiger partial charge in [0.25, 0.3) is 0 Å². The molecule has 30 heavy (non-hydrogen) atoms. The van der Waals surface area contributed by atoms with Gasteiger partial charge in [-0.3, -0.25) is 0 Å². The Bertz CT molecular complexity index is 860. The van der Waals surface area contributed by atoms with E-state index in [2.05, 4.69) is 30.9 Å². The van der Waals surface area contributed by atoms with Crippen LogP contribution in [0.5, 0.6) is 5.75 Å². The van der Waals surface area contributed by atoms with Crippen molar-refractivity contribution in [1.82, 2.24) is 4.90 Å². The largest absolute Gasteiger partial charge is 0.494 e. The van der Waals surface area contributed by atoms with Crippen LogP contribution in [0.15, 0.2) is 84.9 Å². The van der Waals surface area contributed by atoms with Crippen LogP contribution in [-0.2, 0) is 12.0 Å². The molecule has 0 aliphatic heterocycles. The Balaban J connectivity index is 1.73. The van der Waals surface area contributed by atoms with Gasteiger partial charge in [0.15, 0.2) is 0 Å². The van der Waals surface area contributed by atoms with Gasteiger partial charge in [-0.05, 0) is 48.3 Å². The van der Waals surface area contributed by atoms with E-state index in [0.29, 0.717) is 13.0 Å². The smallest absolute Gasteiger partial charge is 0.119 e. The van der Waals surface area contributed by atoms with E-state index in [9.17, 15) is 5.11 Å². The zero-order valence-electron chi connectivity index (χ0n) is 18.1. The zero-order valence-corrected chi connectivity index (χ0v) is 18.1. The lowest BCUT2D eigenvalue weighted by molar-refractivity contribution is 0.0810. The third kappa shape index (κ3) is 5.71. The minimum Gasteiger partial charge on any atom is -0.494 e. The van der Waals surface area contributed by atoms with Gasteiger partial charge in [0.1, 0.15) is 11.4 Å². The van der Waals surface area contributed by atoms with E-state index in [1.54, 1.807) is 0 Å². The van der Waals surface area contributed by atoms with E-state index in [1.165, 1.54) is 0 Å². The number of hydrogen-bond acceptors (Lipinski definition) is 3. The Morgan fingerprint density at radius 2 is 1.33 bits per heavy atom. The van der Waals surface area contributed by atoms with Gasteiger partial charge in [0, 0.05) is 13.0 Å². The molecule has 0 aliphatic carbocycles. The number of benzene rings is 3. The molecule has 3 aromatic rings. The lowest BCUT2D eigenvalue weighted by Gasteiger charge is -2.30. The molecule has 1 unspecified atom stereocenters. The molecule has 1 N–H and O–H groups in total. The number of ether oxygens (including phenoxy) is 1. The van der Waals surface area contributed by atoms with Gasteiger partial charge in [-0.1, -0.05) is 86.6 Å². The van der Waals surface area contributed by atoms with Crippen LogP contribution < -0.4 is 4.74 Å². The summed E-state index contributed by atoms with van der Waals surface area (Å²) in [5.41, 5.74) is 1.76. The Labute approximate surface area is 180 Å². The zero-order chi connectivity index (χ0) is 21.2. The van der Waals surface area contributed by atoms with Crippen LogP contribution in [0.25, 0.3) is 0 Å².